The molecule has 0 aliphatic rings. The van der Waals surface area contributed by atoms with Crippen LogP contribution in [0.2, 0.25) is 0 Å². The molecular weight excluding hydrogens is 402 g/mol. The average Bonchev–Trinajstić information content (AvgIpc) is 3.07. The van der Waals surface area contributed by atoms with Gasteiger partial charge >= 0.3 is 12.4 Å². The number of carbonyl (C=O) groups is 1. The van der Waals surface area contributed by atoms with Crippen LogP contribution in [-0.4, -0.2) is 20.4 Å². The summed E-state index contributed by atoms with van der Waals surface area (Å²) < 4.78 is 80.9. The number of fused-ring (bicyclic) bond motifs is 1. The fourth-order valence-electron chi connectivity index (χ4n) is 2.98. The Morgan fingerprint density at radius 1 is 1.14 bits per heavy atom. The summed E-state index contributed by atoms with van der Waals surface area (Å²) >= 11 is 0. The normalized spacial score (nSPS) is 13.7. The average molecular weight is 416 g/mol. The van der Waals surface area contributed by atoms with E-state index in [4.69, 9.17) is 0 Å². The molecule has 0 fully saturated rings. The Labute approximate surface area is 160 Å². The van der Waals surface area contributed by atoms with E-state index in [0.29, 0.717) is 17.7 Å². The third-order valence-electron chi connectivity index (χ3n) is 4.37. The summed E-state index contributed by atoms with van der Waals surface area (Å²) in [4.78, 5) is 14.5. The van der Waals surface area contributed by atoms with Crippen molar-refractivity contribution < 1.29 is 36.2 Å². The van der Waals surface area contributed by atoms with Crippen molar-refractivity contribution in [2.24, 2.45) is 0 Å². The summed E-state index contributed by atoms with van der Waals surface area (Å²) in [6, 6.07) is 4.86. The van der Waals surface area contributed by atoms with Crippen LogP contribution in [0.25, 0.3) is 10.9 Å². The van der Waals surface area contributed by atoms with Gasteiger partial charge in [-0.05, 0) is 30.7 Å². The number of aromatic nitrogens is 2. The summed E-state index contributed by atoms with van der Waals surface area (Å²) in [6.45, 7) is 1.06. The molecule has 1 unspecified atom stereocenters. The first-order valence-electron chi connectivity index (χ1n) is 8.31. The van der Waals surface area contributed by atoms with Crippen molar-refractivity contribution in [3.05, 3.63) is 65.1 Å². The molecule has 1 atom stereocenters. The highest BCUT2D eigenvalue weighted by molar-refractivity contribution is 5.93. The number of para-hydroxylation sites is 1. The SMILES string of the molecule is CC(=O)c1ccn(CC(O)c2cc(C(F)(F)F)nc3c(C(F)(F)F)cccc23)c1. The van der Waals surface area contributed by atoms with Gasteiger partial charge in [0.15, 0.2) is 5.78 Å². The standard InChI is InChI=1S/C19H14F6N2O2/c1-10(28)11-5-6-27(8-11)9-15(29)13-7-16(19(23,24)25)26-17-12(13)3-2-4-14(17)18(20,21)22/h2-8,15,29H,9H2,1H3. The highest BCUT2D eigenvalue weighted by atomic mass is 19.4. The van der Waals surface area contributed by atoms with Crippen LogP contribution in [0.3, 0.4) is 0 Å². The van der Waals surface area contributed by atoms with Gasteiger partial charge in [-0.25, -0.2) is 4.98 Å². The van der Waals surface area contributed by atoms with E-state index in [1.54, 1.807) is 0 Å². The van der Waals surface area contributed by atoms with Gasteiger partial charge in [0, 0.05) is 23.3 Å². The number of Topliss-reactive ketones (excluding diaryl/α,β-unsaturated/α-hetero) is 1. The third kappa shape index (κ3) is 4.26. The van der Waals surface area contributed by atoms with Gasteiger partial charge in [-0.1, -0.05) is 12.1 Å². The molecule has 3 aromatic rings. The highest BCUT2D eigenvalue weighted by Crippen LogP contribution is 2.39. The maximum atomic E-state index is 13.3. The van der Waals surface area contributed by atoms with Crippen LogP contribution in [0, 0.1) is 0 Å². The maximum Gasteiger partial charge on any atom is 0.433 e. The summed E-state index contributed by atoms with van der Waals surface area (Å²) in [5.41, 5.74) is -3.76. The molecule has 2 aromatic heterocycles. The van der Waals surface area contributed by atoms with E-state index in [-0.39, 0.29) is 23.3 Å². The predicted octanol–water partition coefficient (Wildman–Crippen LogP) is 5.01. The number of carbonyl (C=O) groups excluding carboxylic acids is 1. The number of rotatable bonds is 4. The van der Waals surface area contributed by atoms with E-state index in [9.17, 15) is 36.2 Å². The van der Waals surface area contributed by atoms with Crippen LogP contribution < -0.4 is 0 Å². The first kappa shape index (κ1) is 20.8. The second kappa shape index (κ2) is 7.18. The molecule has 0 amide bonds. The molecule has 0 saturated carbocycles. The Morgan fingerprint density at radius 2 is 1.83 bits per heavy atom. The molecular formula is C19H14F6N2O2. The van der Waals surface area contributed by atoms with E-state index < -0.39 is 35.2 Å². The molecule has 3 rings (SSSR count). The summed E-state index contributed by atoms with van der Waals surface area (Å²) in [6.07, 6.45) is -8.67. The molecule has 4 nitrogen and oxygen atoms in total. The fourth-order valence-corrected chi connectivity index (χ4v) is 2.98. The number of pyridine rings is 1. The summed E-state index contributed by atoms with van der Waals surface area (Å²) in [7, 11) is 0. The number of benzene rings is 1. The van der Waals surface area contributed by atoms with E-state index >= 15 is 0 Å². The number of nitrogens with zero attached hydrogens (tertiary/aromatic N) is 2. The van der Waals surface area contributed by atoms with Crippen LogP contribution in [0.1, 0.15) is 40.2 Å². The van der Waals surface area contributed by atoms with Gasteiger partial charge in [0.1, 0.15) is 5.69 Å². The molecule has 1 aromatic carbocycles. The second-order valence-electron chi connectivity index (χ2n) is 6.46. The molecule has 2 heterocycles. The number of hydrogen-bond donors (Lipinski definition) is 1. The number of aliphatic hydroxyl groups excluding tert-OH is 1. The molecule has 0 aliphatic carbocycles. The molecule has 0 spiro atoms. The second-order valence-corrected chi connectivity index (χ2v) is 6.46. The number of alkyl halides is 6. The number of halogens is 6. The minimum atomic E-state index is -5.00. The zero-order valence-electron chi connectivity index (χ0n) is 14.8. The van der Waals surface area contributed by atoms with Crippen LogP contribution in [0.15, 0.2) is 42.7 Å². The van der Waals surface area contributed by atoms with Gasteiger partial charge in [-0.15, -0.1) is 0 Å². The Hall–Kier alpha value is -2.88. The Bertz CT molecular complexity index is 1070. The van der Waals surface area contributed by atoms with Crippen molar-refractivity contribution >= 4 is 16.7 Å². The molecule has 0 saturated heterocycles. The van der Waals surface area contributed by atoms with Gasteiger partial charge in [-0.2, -0.15) is 26.3 Å². The first-order chi connectivity index (χ1) is 13.4. The van der Waals surface area contributed by atoms with Crippen molar-refractivity contribution in [3.63, 3.8) is 0 Å². The van der Waals surface area contributed by atoms with Gasteiger partial charge < -0.3 is 9.67 Å². The third-order valence-corrected chi connectivity index (χ3v) is 4.37. The molecule has 10 heteroatoms. The van der Waals surface area contributed by atoms with Crippen molar-refractivity contribution in [2.45, 2.75) is 31.9 Å². The predicted molar refractivity (Wildman–Crippen MR) is 91.1 cm³/mol. The van der Waals surface area contributed by atoms with Gasteiger partial charge in [0.05, 0.1) is 23.7 Å². The zero-order valence-corrected chi connectivity index (χ0v) is 14.8. The summed E-state index contributed by atoms with van der Waals surface area (Å²) in [5, 5.41) is 10.3. The first-order valence-corrected chi connectivity index (χ1v) is 8.31. The molecule has 0 aliphatic heterocycles. The van der Waals surface area contributed by atoms with Crippen molar-refractivity contribution in [1.29, 1.82) is 0 Å². The number of ketones is 1. The quantitative estimate of drug-likeness (QED) is 0.481. The molecule has 0 bridgehead atoms. The lowest BCUT2D eigenvalue weighted by Crippen LogP contribution is -2.15. The van der Waals surface area contributed by atoms with E-state index in [0.717, 1.165) is 6.07 Å². The van der Waals surface area contributed by atoms with Gasteiger partial charge in [0.2, 0.25) is 0 Å². The van der Waals surface area contributed by atoms with E-state index in [1.807, 2.05) is 0 Å². The van der Waals surface area contributed by atoms with Gasteiger partial charge in [0.25, 0.3) is 0 Å². The zero-order chi connectivity index (χ0) is 21.6. The topological polar surface area (TPSA) is 55.1 Å². The van der Waals surface area contributed by atoms with Gasteiger partial charge in [-0.3, -0.25) is 4.79 Å². The Kier molecular flexibility index (Phi) is 5.16. The highest BCUT2D eigenvalue weighted by Gasteiger charge is 2.38. The largest absolute Gasteiger partial charge is 0.433 e. The van der Waals surface area contributed by atoms with Crippen LogP contribution in [0.5, 0.6) is 0 Å². The number of hydrogen-bond acceptors (Lipinski definition) is 3. The monoisotopic (exact) mass is 416 g/mol. The lowest BCUT2D eigenvalue weighted by atomic mass is 9.99. The molecule has 0 radical (unpaired) electrons. The smallest absolute Gasteiger partial charge is 0.387 e. The minimum absolute atomic E-state index is 0.237. The lowest BCUT2D eigenvalue weighted by molar-refractivity contribution is -0.142. The maximum absolute atomic E-state index is 13.3. The molecule has 29 heavy (non-hydrogen) atoms. The van der Waals surface area contributed by atoms with E-state index in [2.05, 4.69) is 4.98 Å². The summed E-state index contributed by atoms with van der Waals surface area (Å²) in [5.74, 6) is -0.248. The molecule has 1 N–H and O–H groups in total. The minimum Gasteiger partial charge on any atom is -0.387 e. The molecule has 154 valence electrons. The van der Waals surface area contributed by atoms with Crippen LogP contribution in [-0.2, 0) is 18.9 Å². The lowest BCUT2D eigenvalue weighted by Gasteiger charge is -2.19. The van der Waals surface area contributed by atoms with Crippen LogP contribution >= 0.6 is 0 Å². The Morgan fingerprint density at radius 3 is 2.38 bits per heavy atom. The van der Waals surface area contributed by atoms with Crippen molar-refractivity contribution in [2.75, 3.05) is 0 Å². The van der Waals surface area contributed by atoms with E-state index in [1.165, 1.54) is 36.0 Å². The van der Waals surface area contributed by atoms with Crippen molar-refractivity contribution in [1.82, 2.24) is 9.55 Å². The van der Waals surface area contributed by atoms with Crippen LogP contribution in [0.4, 0.5) is 26.3 Å². The van der Waals surface area contributed by atoms with Crippen molar-refractivity contribution in [3.8, 4) is 0 Å². The fraction of sp³-hybridized carbons (Fsp3) is 0.263. The number of aliphatic hydroxyl groups is 1. The Balaban J connectivity index is 2.15.